The van der Waals surface area contributed by atoms with Gasteiger partial charge in [0.25, 0.3) is 0 Å². The minimum absolute atomic E-state index is 0.177. The molecule has 1 amide bonds. The fraction of sp³-hybridized carbons (Fsp3) is 0.0714. The zero-order valence-corrected chi connectivity index (χ0v) is 12.6. The number of carbonyl (C=O) groups excluding carboxylic acids is 1. The van der Waals surface area contributed by atoms with Gasteiger partial charge in [-0.2, -0.15) is 0 Å². The molecule has 0 spiro atoms. The molecule has 2 aromatic carbocycles. The normalized spacial score (nSPS) is 10.3. The number of rotatable bonds is 3. The van der Waals surface area contributed by atoms with Crippen molar-refractivity contribution in [1.82, 2.24) is 0 Å². The van der Waals surface area contributed by atoms with E-state index in [-0.39, 0.29) is 12.3 Å². The number of hydrogen-bond donors (Lipinski definition) is 2. The second kappa shape index (κ2) is 6.35. The number of halogens is 3. The molecular weight excluding hydrogens is 319 g/mol. The molecule has 0 saturated heterocycles. The van der Waals surface area contributed by atoms with Crippen LogP contribution in [0.1, 0.15) is 5.56 Å². The van der Waals surface area contributed by atoms with Crippen LogP contribution in [0.4, 0.5) is 11.4 Å². The molecule has 0 aliphatic heterocycles. The van der Waals surface area contributed by atoms with Gasteiger partial charge in [-0.15, -0.1) is 0 Å². The van der Waals surface area contributed by atoms with E-state index in [1.165, 1.54) is 0 Å². The van der Waals surface area contributed by atoms with Gasteiger partial charge in [0.1, 0.15) is 0 Å². The number of anilines is 2. The van der Waals surface area contributed by atoms with Crippen LogP contribution in [-0.2, 0) is 11.2 Å². The van der Waals surface area contributed by atoms with Gasteiger partial charge in [-0.1, -0.05) is 40.9 Å². The molecule has 20 heavy (non-hydrogen) atoms. The first-order valence-electron chi connectivity index (χ1n) is 5.74. The summed E-state index contributed by atoms with van der Waals surface area (Å²) in [6.07, 6.45) is 0.193. The maximum Gasteiger partial charge on any atom is 0.228 e. The van der Waals surface area contributed by atoms with E-state index in [1.54, 1.807) is 36.4 Å². The molecule has 3 nitrogen and oxygen atoms in total. The largest absolute Gasteiger partial charge is 0.398 e. The Kier molecular flexibility index (Phi) is 4.76. The van der Waals surface area contributed by atoms with E-state index in [0.717, 1.165) is 5.56 Å². The fourth-order valence-electron chi connectivity index (χ4n) is 1.65. The number of carbonyl (C=O) groups is 1. The predicted octanol–water partition coefficient (Wildman–Crippen LogP) is 4.41. The van der Waals surface area contributed by atoms with Crippen molar-refractivity contribution in [3.63, 3.8) is 0 Å². The highest BCUT2D eigenvalue weighted by Crippen LogP contribution is 2.24. The minimum atomic E-state index is -0.177. The Hall–Kier alpha value is -1.42. The molecule has 3 N–H and O–H groups in total. The van der Waals surface area contributed by atoms with Crippen molar-refractivity contribution in [3.8, 4) is 0 Å². The second-order valence-electron chi connectivity index (χ2n) is 4.21. The second-order valence-corrected chi connectivity index (χ2v) is 5.43. The summed E-state index contributed by atoms with van der Waals surface area (Å²) < 4.78 is 0. The number of benzene rings is 2. The van der Waals surface area contributed by atoms with Crippen LogP contribution in [0.15, 0.2) is 36.4 Å². The molecule has 0 atom stereocenters. The van der Waals surface area contributed by atoms with Crippen LogP contribution in [0.3, 0.4) is 0 Å². The van der Waals surface area contributed by atoms with Crippen molar-refractivity contribution in [2.24, 2.45) is 0 Å². The van der Waals surface area contributed by atoms with Crippen LogP contribution in [0, 0.1) is 0 Å². The average Bonchev–Trinajstić information content (AvgIpc) is 2.38. The number of nitrogens with one attached hydrogen (secondary N) is 1. The summed E-state index contributed by atoms with van der Waals surface area (Å²) in [6.45, 7) is 0. The summed E-state index contributed by atoms with van der Waals surface area (Å²) >= 11 is 17.6. The van der Waals surface area contributed by atoms with Gasteiger partial charge in [0.05, 0.1) is 27.2 Å². The summed E-state index contributed by atoms with van der Waals surface area (Å²) in [7, 11) is 0. The molecule has 0 saturated carbocycles. The lowest BCUT2D eigenvalue weighted by molar-refractivity contribution is -0.115. The molecule has 0 bridgehead atoms. The lowest BCUT2D eigenvalue weighted by Crippen LogP contribution is -2.14. The molecule has 0 aromatic heterocycles. The van der Waals surface area contributed by atoms with E-state index in [4.69, 9.17) is 40.5 Å². The molecule has 2 rings (SSSR count). The Morgan fingerprint density at radius 1 is 1.00 bits per heavy atom. The molecular formula is C14H11Cl3N2O. The molecule has 104 valence electrons. The van der Waals surface area contributed by atoms with Gasteiger partial charge in [-0.3, -0.25) is 4.79 Å². The first-order valence-corrected chi connectivity index (χ1v) is 6.88. The van der Waals surface area contributed by atoms with E-state index < -0.39 is 0 Å². The third-order valence-corrected chi connectivity index (χ3v) is 3.70. The van der Waals surface area contributed by atoms with Crippen LogP contribution >= 0.6 is 34.8 Å². The third kappa shape index (κ3) is 3.79. The number of hydrogen-bond acceptors (Lipinski definition) is 2. The van der Waals surface area contributed by atoms with Crippen LogP contribution in [0.2, 0.25) is 15.1 Å². The van der Waals surface area contributed by atoms with Gasteiger partial charge in [0.2, 0.25) is 5.91 Å². The average molecular weight is 330 g/mol. The SMILES string of the molecule is Nc1ccc(NC(=O)Cc2ccc(Cl)c(Cl)c2)cc1Cl. The van der Waals surface area contributed by atoms with Crippen LogP contribution in [0.5, 0.6) is 0 Å². The highest BCUT2D eigenvalue weighted by Gasteiger charge is 2.07. The van der Waals surface area contributed by atoms with Gasteiger partial charge < -0.3 is 11.1 Å². The lowest BCUT2D eigenvalue weighted by Gasteiger charge is -2.07. The fourth-order valence-corrected chi connectivity index (χ4v) is 2.15. The van der Waals surface area contributed by atoms with Crippen LogP contribution in [0.25, 0.3) is 0 Å². The lowest BCUT2D eigenvalue weighted by atomic mass is 10.1. The summed E-state index contributed by atoms with van der Waals surface area (Å²) in [6, 6.07) is 10.0. The Morgan fingerprint density at radius 3 is 2.40 bits per heavy atom. The van der Waals surface area contributed by atoms with Gasteiger partial charge in [0.15, 0.2) is 0 Å². The Labute approximate surface area is 131 Å². The maximum absolute atomic E-state index is 11.9. The Balaban J connectivity index is 2.04. The molecule has 0 aliphatic carbocycles. The van der Waals surface area contributed by atoms with Crippen molar-refractivity contribution >= 4 is 52.1 Å². The molecule has 0 aliphatic rings. The van der Waals surface area contributed by atoms with Crippen LogP contribution < -0.4 is 11.1 Å². The van der Waals surface area contributed by atoms with E-state index in [1.807, 2.05) is 0 Å². The maximum atomic E-state index is 11.9. The summed E-state index contributed by atoms with van der Waals surface area (Å²) in [5.74, 6) is -0.177. The van der Waals surface area contributed by atoms with Crippen LogP contribution in [-0.4, -0.2) is 5.91 Å². The van der Waals surface area contributed by atoms with E-state index >= 15 is 0 Å². The van der Waals surface area contributed by atoms with E-state index in [2.05, 4.69) is 5.32 Å². The first kappa shape index (κ1) is 15.0. The number of amides is 1. The van der Waals surface area contributed by atoms with Crippen molar-refractivity contribution in [2.75, 3.05) is 11.1 Å². The minimum Gasteiger partial charge on any atom is -0.398 e. The zero-order chi connectivity index (χ0) is 14.7. The van der Waals surface area contributed by atoms with Crippen molar-refractivity contribution < 1.29 is 4.79 Å². The number of nitrogens with two attached hydrogens (primary N) is 1. The van der Waals surface area contributed by atoms with Gasteiger partial charge in [-0.05, 0) is 35.9 Å². The van der Waals surface area contributed by atoms with Crippen molar-refractivity contribution in [3.05, 3.63) is 57.0 Å². The van der Waals surface area contributed by atoms with Gasteiger partial charge in [-0.25, -0.2) is 0 Å². The highest BCUT2D eigenvalue weighted by molar-refractivity contribution is 6.42. The molecule has 6 heteroatoms. The molecule has 0 unspecified atom stereocenters. The quantitative estimate of drug-likeness (QED) is 0.819. The monoisotopic (exact) mass is 328 g/mol. The smallest absolute Gasteiger partial charge is 0.228 e. The Morgan fingerprint density at radius 2 is 1.75 bits per heavy atom. The van der Waals surface area contributed by atoms with Gasteiger partial charge >= 0.3 is 0 Å². The van der Waals surface area contributed by atoms with Crippen molar-refractivity contribution in [1.29, 1.82) is 0 Å². The molecule has 0 heterocycles. The zero-order valence-electron chi connectivity index (χ0n) is 10.3. The van der Waals surface area contributed by atoms with Gasteiger partial charge in [0, 0.05) is 5.69 Å². The van der Waals surface area contributed by atoms with E-state index in [9.17, 15) is 4.79 Å². The predicted molar refractivity (Wildman–Crippen MR) is 84.7 cm³/mol. The standard InChI is InChI=1S/C14H11Cl3N2O/c15-10-3-1-8(5-11(10)16)6-14(20)19-9-2-4-13(18)12(17)7-9/h1-5,7H,6,18H2,(H,19,20). The summed E-state index contributed by atoms with van der Waals surface area (Å²) in [5.41, 5.74) is 7.44. The molecule has 2 aromatic rings. The number of nitrogen functional groups attached to an aromatic ring is 1. The van der Waals surface area contributed by atoms with Crippen molar-refractivity contribution in [2.45, 2.75) is 6.42 Å². The third-order valence-electron chi connectivity index (χ3n) is 2.63. The molecule has 0 radical (unpaired) electrons. The first-order chi connectivity index (χ1) is 9.45. The Bertz CT molecular complexity index is 603. The topological polar surface area (TPSA) is 55.1 Å². The molecule has 0 fully saturated rings. The summed E-state index contributed by atoms with van der Waals surface area (Å²) in [5, 5.41) is 4.02. The van der Waals surface area contributed by atoms with E-state index in [0.29, 0.717) is 26.4 Å². The highest BCUT2D eigenvalue weighted by atomic mass is 35.5. The summed E-state index contributed by atoms with van der Waals surface area (Å²) in [4.78, 5) is 11.9.